The molecule has 4 unspecified atom stereocenters. The summed E-state index contributed by atoms with van der Waals surface area (Å²) in [5.74, 6) is 7.88. The number of hydrogen-bond donors (Lipinski definition) is 0. The van der Waals surface area contributed by atoms with E-state index >= 15 is 0 Å². The molecular weight excluding hydrogens is 252 g/mol. The van der Waals surface area contributed by atoms with E-state index in [1.807, 2.05) is 0 Å². The lowest BCUT2D eigenvalue weighted by Gasteiger charge is -2.54. The topological polar surface area (TPSA) is 0 Å². The van der Waals surface area contributed by atoms with Gasteiger partial charge in [-0.1, -0.05) is 58.3 Å². The van der Waals surface area contributed by atoms with Gasteiger partial charge in [-0.3, -0.25) is 0 Å². The largest absolute Gasteiger partial charge is 0.0625 e. The first kappa shape index (κ1) is 14.6. The van der Waals surface area contributed by atoms with E-state index in [0.717, 1.165) is 41.4 Å². The van der Waals surface area contributed by atoms with Gasteiger partial charge in [0.1, 0.15) is 0 Å². The molecular formula is C21H36. The van der Waals surface area contributed by atoms with Crippen molar-refractivity contribution < 1.29 is 0 Å². The molecule has 120 valence electrons. The molecule has 4 saturated carbocycles. The minimum Gasteiger partial charge on any atom is -0.0625 e. The first-order valence-corrected chi connectivity index (χ1v) is 10.3. The summed E-state index contributed by atoms with van der Waals surface area (Å²) in [5.41, 5.74) is 0. The Morgan fingerprint density at radius 1 is 0.524 bits per heavy atom. The standard InChI is InChI=1S/C21H36/c1-15-10-12-16(13-11-15)21-19-8-4-2-6-17(19)14-18-7-3-5-9-20(18)21/h15-21H,2-14H2,1H3. The van der Waals surface area contributed by atoms with Gasteiger partial charge in [0.25, 0.3) is 0 Å². The van der Waals surface area contributed by atoms with Crippen LogP contribution in [0.3, 0.4) is 0 Å². The van der Waals surface area contributed by atoms with E-state index in [9.17, 15) is 0 Å². The minimum absolute atomic E-state index is 1.02. The van der Waals surface area contributed by atoms with E-state index in [1.165, 1.54) is 12.8 Å². The van der Waals surface area contributed by atoms with Crippen molar-refractivity contribution in [3.05, 3.63) is 0 Å². The summed E-state index contributed by atoms with van der Waals surface area (Å²) in [4.78, 5) is 0. The molecule has 4 rings (SSSR count). The van der Waals surface area contributed by atoms with Gasteiger partial charge in [0, 0.05) is 0 Å². The maximum Gasteiger partial charge on any atom is -0.0324 e. The molecule has 0 radical (unpaired) electrons. The van der Waals surface area contributed by atoms with Crippen molar-refractivity contribution in [3.63, 3.8) is 0 Å². The van der Waals surface area contributed by atoms with E-state index in [2.05, 4.69) is 6.92 Å². The number of hydrogen-bond acceptors (Lipinski definition) is 0. The number of rotatable bonds is 1. The van der Waals surface area contributed by atoms with Gasteiger partial charge in [0.2, 0.25) is 0 Å². The Kier molecular flexibility index (Phi) is 4.34. The number of fused-ring (bicyclic) bond motifs is 2. The summed E-state index contributed by atoms with van der Waals surface area (Å²) in [6.45, 7) is 2.49. The average Bonchev–Trinajstić information content (AvgIpc) is 2.53. The Bertz CT molecular complexity index is 316. The molecule has 21 heavy (non-hydrogen) atoms. The van der Waals surface area contributed by atoms with E-state index in [1.54, 1.807) is 70.6 Å². The van der Waals surface area contributed by atoms with Gasteiger partial charge in [-0.25, -0.2) is 0 Å². The van der Waals surface area contributed by atoms with Gasteiger partial charge in [0.15, 0.2) is 0 Å². The smallest absolute Gasteiger partial charge is 0.0324 e. The van der Waals surface area contributed by atoms with Crippen LogP contribution in [0.5, 0.6) is 0 Å². The van der Waals surface area contributed by atoms with Crippen LogP contribution in [0.4, 0.5) is 0 Å². The lowest BCUT2D eigenvalue weighted by Crippen LogP contribution is -2.46. The van der Waals surface area contributed by atoms with Gasteiger partial charge < -0.3 is 0 Å². The van der Waals surface area contributed by atoms with Gasteiger partial charge >= 0.3 is 0 Å². The van der Waals surface area contributed by atoms with Gasteiger partial charge in [-0.15, -0.1) is 0 Å². The highest BCUT2D eigenvalue weighted by atomic mass is 14.5. The molecule has 0 heteroatoms. The van der Waals surface area contributed by atoms with Crippen molar-refractivity contribution in [2.75, 3.05) is 0 Å². The normalized spacial score (nSPS) is 51.0. The molecule has 0 spiro atoms. The summed E-state index contributed by atoms with van der Waals surface area (Å²) in [7, 11) is 0. The summed E-state index contributed by atoms with van der Waals surface area (Å²) in [6, 6.07) is 0. The second-order valence-electron chi connectivity index (χ2n) is 9.25. The van der Waals surface area contributed by atoms with Crippen molar-refractivity contribution in [2.45, 2.75) is 90.4 Å². The van der Waals surface area contributed by atoms with Crippen molar-refractivity contribution in [1.29, 1.82) is 0 Å². The zero-order valence-electron chi connectivity index (χ0n) is 14.2. The Hall–Kier alpha value is 0. The Morgan fingerprint density at radius 3 is 1.62 bits per heavy atom. The predicted molar refractivity (Wildman–Crippen MR) is 90.1 cm³/mol. The van der Waals surface area contributed by atoms with Crippen LogP contribution >= 0.6 is 0 Å². The summed E-state index contributed by atoms with van der Waals surface area (Å²) < 4.78 is 0. The lowest BCUT2D eigenvalue weighted by atomic mass is 9.51. The van der Waals surface area contributed by atoms with Crippen LogP contribution in [-0.2, 0) is 0 Å². The summed E-state index contributed by atoms with van der Waals surface area (Å²) >= 11 is 0. The Balaban J connectivity index is 1.56. The third-order valence-corrected chi connectivity index (χ3v) is 8.13. The minimum atomic E-state index is 1.02. The van der Waals surface area contributed by atoms with Crippen LogP contribution in [0.2, 0.25) is 0 Å². The monoisotopic (exact) mass is 288 g/mol. The molecule has 4 atom stereocenters. The van der Waals surface area contributed by atoms with Crippen LogP contribution in [-0.4, -0.2) is 0 Å². The molecule has 0 nitrogen and oxygen atoms in total. The SMILES string of the molecule is CC1CCC(C2C3CCCCC3CC3CCCCC32)CC1. The molecule has 4 aliphatic rings. The third kappa shape index (κ3) is 2.81. The molecule has 4 aliphatic carbocycles. The van der Waals surface area contributed by atoms with Gasteiger partial charge in [-0.05, 0) is 73.5 Å². The molecule has 0 saturated heterocycles. The van der Waals surface area contributed by atoms with Crippen LogP contribution in [0.15, 0.2) is 0 Å². The van der Waals surface area contributed by atoms with Crippen molar-refractivity contribution >= 4 is 0 Å². The van der Waals surface area contributed by atoms with Gasteiger partial charge in [-0.2, -0.15) is 0 Å². The van der Waals surface area contributed by atoms with Crippen molar-refractivity contribution in [1.82, 2.24) is 0 Å². The molecule has 0 aliphatic heterocycles. The third-order valence-electron chi connectivity index (χ3n) is 8.13. The molecule has 0 aromatic heterocycles. The molecule has 0 bridgehead atoms. The van der Waals surface area contributed by atoms with E-state index < -0.39 is 0 Å². The highest BCUT2D eigenvalue weighted by Crippen LogP contribution is 2.57. The zero-order valence-corrected chi connectivity index (χ0v) is 14.2. The molecule has 0 heterocycles. The first-order chi connectivity index (χ1) is 10.3. The van der Waals surface area contributed by atoms with E-state index in [4.69, 9.17) is 0 Å². The predicted octanol–water partition coefficient (Wildman–Crippen LogP) is 6.45. The van der Waals surface area contributed by atoms with Crippen molar-refractivity contribution in [3.8, 4) is 0 Å². The second-order valence-corrected chi connectivity index (χ2v) is 9.25. The quantitative estimate of drug-likeness (QED) is 0.520. The fraction of sp³-hybridized carbons (Fsp3) is 1.00. The van der Waals surface area contributed by atoms with E-state index in [-0.39, 0.29) is 0 Å². The molecule has 0 aromatic rings. The Labute approximate surface area is 132 Å². The van der Waals surface area contributed by atoms with Crippen LogP contribution in [0, 0.1) is 41.4 Å². The first-order valence-electron chi connectivity index (χ1n) is 10.3. The summed E-state index contributed by atoms with van der Waals surface area (Å²) in [5, 5.41) is 0. The zero-order chi connectivity index (χ0) is 14.2. The average molecular weight is 289 g/mol. The maximum atomic E-state index is 2.49. The van der Waals surface area contributed by atoms with Crippen LogP contribution in [0.1, 0.15) is 90.4 Å². The molecule has 0 N–H and O–H groups in total. The lowest BCUT2D eigenvalue weighted by molar-refractivity contribution is -0.0504. The molecule has 4 fully saturated rings. The molecule has 0 amide bonds. The highest BCUT2D eigenvalue weighted by Gasteiger charge is 2.48. The molecule has 0 aromatic carbocycles. The van der Waals surface area contributed by atoms with Crippen molar-refractivity contribution in [2.24, 2.45) is 41.4 Å². The summed E-state index contributed by atoms with van der Waals surface area (Å²) in [6.07, 6.45) is 20.5. The maximum absolute atomic E-state index is 2.49. The van der Waals surface area contributed by atoms with E-state index in [0.29, 0.717) is 0 Å². The highest BCUT2D eigenvalue weighted by molar-refractivity contribution is 4.98. The van der Waals surface area contributed by atoms with Crippen LogP contribution in [0.25, 0.3) is 0 Å². The fourth-order valence-corrected chi connectivity index (χ4v) is 7.15. The van der Waals surface area contributed by atoms with Crippen LogP contribution < -0.4 is 0 Å². The fourth-order valence-electron chi connectivity index (χ4n) is 7.15. The Morgan fingerprint density at radius 2 is 1.05 bits per heavy atom. The van der Waals surface area contributed by atoms with Gasteiger partial charge in [0.05, 0.1) is 0 Å². The second kappa shape index (κ2) is 6.25.